The van der Waals surface area contributed by atoms with Crippen LogP contribution in [0.2, 0.25) is 5.02 Å². The summed E-state index contributed by atoms with van der Waals surface area (Å²) in [5, 5.41) is 8.64. The molecule has 0 bridgehead atoms. The Morgan fingerprint density at radius 2 is 2.12 bits per heavy atom. The quantitative estimate of drug-likeness (QED) is 0.874. The van der Waals surface area contributed by atoms with Gasteiger partial charge in [-0.05, 0) is 30.9 Å². The Morgan fingerprint density at radius 1 is 1.25 bits per heavy atom. The molecule has 4 rings (SSSR count). The fourth-order valence-corrected chi connectivity index (χ4v) is 4.56. The van der Waals surface area contributed by atoms with Crippen LogP contribution in [0.1, 0.15) is 12.0 Å². The zero-order chi connectivity index (χ0) is 16.4. The van der Waals surface area contributed by atoms with E-state index >= 15 is 0 Å². The maximum absolute atomic E-state index is 5.95. The second-order valence-electron chi connectivity index (χ2n) is 7.33. The highest BCUT2D eigenvalue weighted by molar-refractivity contribution is 6.30. The third kappa shape index (κ3) is 3.37. The highest BCUT2D eigenvalue weighted by atomic mass is 35.5. The van der Waals surface area contributed by atoms with Crippen LogP contribution in [0.3, 0.4) is 0 Å². The van der Waals surface area contributed by atoms with E-state index in [1.165, 1.54) is 38.0 Å². The van der Waals surface area contributed by atoms with Crippen molar-refractivity contribution in [2.24, 2.45) is 11.3 Å². The number of nitrogens with one attached hydrogen (secondary N) is 1. The Hall–Kier alpha value is -1.36. The molecular formula is C19H25ClN4. The number of hydrogen-bond acceptors (Lipinski definition) is 3. The number of rotatable bonds is 6. The molecule has 0 spiro atoms. The number of fused-ring (bicyclic) bond motifs is 1. The van der Waals surface area contributed by atoms with E-state index in [1.807, 2.05) is 10.9 Å². The number of likely N-dealkylation sites (tertiary alicyclic amines) is 1. The summed E-state index contributed by atoms with van der Waals surface area (Å²) in [7, 11) is 0. The maximum atomic E-state index is 5.95. The van der Waals surface area contributed by atoms with Gasteiger partial charge in [0, 0.05) is 37.8 Å². The van der Waals surface area contributed by atoms with Crippen LogP contribution >= 0.6 is 11.6 Å². The normalized spacial score (nSPS) is 26.8. The molecular weight excluding hydrogens is 320 g/mol. The molecule has 128 valence electrons. The minimum absolute atomic E-state index is 0.442. The summed E-state index contributed by atoms with van der Waals surface area (Å²) >= 11 is 5.95. The molecule has 2 fully saturated rings. The van der Waals surface area contributed by atoms with Crippen molar-refractivity contribution in [3.63, 3.8) is 0 Å². The molecule has 5 heteroatoms. The van der Waals surface area contributed by atoms with Crippen LogP contribution in [0.4, 0.5) is 0 Å². The predicted molar refractivity (Wildman–Crippen MR) is 97.2 cm³/mol. The van der Waals surface area contributed by atoms with Gasteiger partial charge in [-0.2, -0.15) is 5.10 Å². The molecule has 0 radical (unpaired) electrons. The van der Waals surface area contributed by atoms with Gasteiger partial charge in [0.05, 0.1) is 17.8 Å². The average Bonchev–Trinajstić information content (AvgIpc) is 3.26. The number of hydrogen-bond donors (Lipinski definition) is 1. The largest absolute Gasteiger partial charge is 0.316 e. The summed E-state index contributed by atoms with van der Waals surface area (Å²) < 4.78 is 1.95. The molecule has 0 aliphatic carbocycles. The van der Waals surface area contributed by atoms with Crippen molar-refractivity contribution in [2.45, 2.75) is 19.4 Å². The van der Waals surface area contributed by atoms with Gasteiger partial charge in [-0.3, -0.25) is 4.68 Å². The first-order valence-corrected chi connectivity index (χ1v) is 9.26. The minimum atomic E-state index is 0.442. The van der Waals surface area contributed by atoms with E-state index in [4.69, 9.17) is 11.6 Å². The molecule has 24 heavy (non-hydrogen) atoms. The predicted octanol–water partition coefficient (Wildman–Crippen LogP) is 2.69. The van der Waals surface area contributed by atoms with Crippen LogP contribution in [0.15, 0.2) is 42.7 Å². The molecule has 0 saturated carbocycles. The zero-order valence-corrected chi connectivity index (χ0v) is 14.8. The minimum Gasteiger partial charge on any atom is -0.316 e. The summed E-state index contributed by atoms with van der Waals surface area (Å²) in [6.07, 6.45) is 6.08. The number of halogens is 1. The Balaban J connectivity index is 1.36. The third-order valence-corrected chi connectivity index (χ3v) is 5.95. The lowest BCUT2D eigenvalue weighted by atomic mass is 9.76. The first-order chi connectivity index (χ1) is 11.7. The summed E-state index contributed by atoms with van der Waals surface area (Å²) in [5.41, 5.74) is 1.90. The molecule has 2 atom stereocenters. The molecule has 3 heterocycles. The first kappa shape index (κ1) is 16.1. The average molecular weight is 345 g/mol. The zero-order valence-electron chi connectivity index (χ0n) is 14.0. The van der Waals surface area contributed by atoms with Crippen LogP contribution in [-0.2, 0) is 13.0 Å². The van der Waals surface area contributed by atoms with Gasteiger partial charge in [-0.15, -0.1) is 0 Å². The van der Waals surface area contributed by atoms with Crippen LogP contribution in [0.5, 0.6) is 0 Å². The van der Waals surface area contributed by atoms with E-state index in [9.17, 15) is 0 Å². The Bertz CT molecular complexity index is 671. The number of nitrogens with zero attached hydrogens (tertiary/aromatic N) is 3. The van der Waals surface area contributed by atoms with Crippen LogP contribution < -0.4 is 5.32 Å². The Morgan fingerprint density at radius 3 is 2.92 bits per heavy atom. The standard InChI is InChI=1S/C19H25ClN4/c20-18-11-22-24(13-18)9-8-23-12-17-10-21-14-19(17,15-23)7-6-16-4-2-1-3-5-16/h1-5,11,13,17,21H,6-10,12,14-15H2. The van der Waals surface area contributed by atoms with Gasteiger partial charge in [-0.1, -0.05) is 41.9 Å². The molecule has 4 nitrogen and oxygen atoms in total. The molecule has 2 unspecified atom stereocenters. The molecule has 1 N–H and O–H groups in total. The summed E-state index contributed by atoms with van der Waals surface area (Å²) in [6, 6.07) is 10.9. The number of aryl methyl sites for hydroxylation is 1. The van der Waals surface area contributed by atoms with Gasteiger partial charge in [0.25, 0.3) is 0 Å². The van der Waals surface area contributed by atoms with Gasteiger partial charge < -0.3 is 10.2 Å². The SMILES string of the molecule is Clc1cnn(CCN2CC3CNCC3(CCc3ccccc3)C2)c1. The van der Waals surface area contributed by atoms with Gasteiger partial charge >= 0.3 is 0 Å². The highest BCUT2D eigenvalue weighted by Crippen LogP contribution is 2.42. The lowest BCUT2D eigenvalue weighted by molar-refractivity contribution is 0.235. The fourth-order valence-electron chi connectivity index (χ4n) is 4.41. The second kappa shape index (κ2) is 6.87. The van der Waals surface area contributed by atoms with Crippen molar-refractivity contribution in [1.29, 1.82) is 0 Å². The number of aromatic nitrogens is 2. The highest BCUT2D eigenvalue weighted by Gasteiger charge is 2.48. The second-order valence-corrected chi connectivity index (χ2v) is 7.77. The molecule has 2 saturated heterocycles. The van der Waals surface area contributed by atoms with Gasteiger partial charge in [0.15, 0.2) is 0 Å². The van der Waals surface area contributed by atoms with E-state index in [-0.39, 0.29) is 0 Å². The summed E-state index contributed by atoms with van der Waals surface area (Å²) in [5.74, 6) is 0.780. The van der Waals surface area contributed by atoms with E-state index in [1.54, 1.807) is 6.20 Å². The van der Waals surface area contributed by atoms with Crippen LogP contribution in [-0.4, -0.2) is 47.4 Å². The Kier molecular flexibility index (Phi) is 4.61. The molecule has 0 amide bonds. The first-order valence-electron chi connectivity index (χ1n) is 8.88. The van der Waals surface area contributed by atoms with Crippen LogP contribution in [0, 0.1) is 11.3 Å². The molecule has 2 aliphatic rings. The van der Waals surface area contributed by atoms with Crippen LogP contribution in [0.25, 0.3) is 0 Å². The lowest BCUT2D eigenvalue weighted by Gasteiger charge is -2.28. The number of benzene rings is 1. The molecule has 2 aromatic rings. The van der Waals surface area contributed by atoms with Crippen molar-refractivity contribution in [3.8, 4) is 0 Å². The molecule has 1 aromatic carbocycles. The summed E-state index contributed by atoms with van der Waals surface area (Å²) in [6.45, 7) is 6.71. The third-order valence-electron chi connectivity index (χ3n) is 5.75. The summed E-state index contributed by atoms with van der Waals surface area (Å²) in [4.78, 5) is 2.62. The lowest BCUT2D eigenvalue weighted by Crippen LogP contribution is -2.34. The van der Waals surface area contributed by atoms with Crippen molar-refractivity contribution in [2.75, 3.05) is 32.7 Å². The topological polar surface area (TPSA) is 33.1 Å². The van der Waals surface area contributed by atoms with Crippen molar-refractivity contribution >= 4 is 11.6 Å². The Labute approximate surface area is 148 Å². The molecule has 1 aromatic heterocycles. The van der Waals surface area contributed by atoms with Crippen molar-refractivity contribution in [1.82, 2.24) is 20.0 Å². The van der Waals surface area contributed by atoms with Gasteiger partial charge in [-0.25, -0.2) is 0 Å². The van der Waals surface area contributed by atoms with E-state index < -0.39 is 0 Å². The van der Waals surface area contributed by atoms with Gasteiger partial charge in [0.2, 0.25) is 0 Å². The van der Waals surface area contributed by atoms with Gasteiger partial charge in [0.1, 0.15) is 0 Å². The van der Waals surface area contributed by atoms with Crippen molar-refractivity contribution < 1.29 is 0 Å². The van der Waals surface area contributed by atoms with E-state index in [0.717, 1.165) is 30.6 Å². The smallest absolute Gasteiger partial charge is 0.0785 e. The molecule has 2 aliphatic heterocycles. The monoisotopic (exact) mass is 344 g/mol. The maximum Gasteiger partial charge on any atom is 0.0785 e. The van der Waals surface area contributed by atoms with E-state index in [2.05, 4.69) is 45.6 Å². The van der Waals surface area contributed by atoms with E-state index in [0.29, 0.717) is 5.41 Å². The van der Waals surface area contributed by atoms with Crippen molar-refractivity contribution in [3.05, 3.63) is 53.3 Å². The fraction of sp³-hybridized carbons (Fsp3) is 0.526.